The van der Waals surface area contributed by atoms with E-state index in [0.717, 1.165) is 23.3 Å². The van der Waals surface area contributed by atoms with Crippen LogP contribution in [0.3, 0.4) is 0 Å². The molecular formula is C28H31FN8O3. The van der Waals surface area contributed by atoms with E-state index < -0.39 is 0 Å². The standard InChI is InChI=1S/C28H31FN8O3/c1-2-30-28(38)36-10-4-9-35(11-12-36)27-33-25(31-15-19-7-8-22-23(14-19)40-18-39-22)24-26(34-27)37(17-32-24)16-20-5-3-6-21(29)13-20/h3,5-8,13-14,17H,2,4,9-12,15-16,18H2,1H3,(H,30,38)(H,31,33,34). The van der Waals surface area contributed by atoms with Gasteiger partial charge in [0.05, 0.1) is 12.9 Å². The van der Waals surface area contributed by atoms with Crippen LogP contribution < -0.4 is 25.0 Å². The molecule has 0 spiro atoms. The number of carbonyl (C=O) groups excluding carboxylic acids is 1. The van der Waals surface area contributed by atoms with E-state index in [1.807, 2.05) is 40.7 Å². The number of anilines is 2. The lowest BCUT2D eigenvalue weighted by molar-refractivity contribution is 0.174. The fourth-order valence-electron chi connectivity index (χ4n) is 4.97. The Balaban J connectivity index is 1.30. The molecule has 0 aliphatic carbocycles. The predicted molar refractivity (Wildman–Crippen MR) is 148 cm³/mol. The minimum atomic E-state index is -0.287. The first-order chi connectivity index (χ1) is 19.6. The summed E-state index contributed by atoms with van der Waals surface area (Å²) in [5.41, 5.74) is 3.08. The highest BCUT2D eigenvalue weighted by Crippen LogP contribution is 2.33. The van der Waals surface area contributed by atoms with Crippen molar-refractivity contribution in [3.05, 3.63) is 65.7 Å². The minimum absolute atomic E-state index is 0.0556. The van der Waals surface area contributed by atoms with Crippen LogP contribution in [0.2, 0.25) is 0 Å². The molecule has 0 atom stereocenters. The van der Waals surface area contributed by atoms with Gasteiger partial charge in [0.25, 0.3) is 0 Å². The number of imidazole rings is 1. The Kier molecular flexibility index (Phi) is 7.21. The zero-order chi connectivity index (χ0) is 27.5. The lowest BCUT2D eigenvalue weighted by Crippen LogP contribution is -2.42. The summed E-state index contributed by atoms with van der Waals surface area (Å²) in [6.07, 6.45) is 2.50. The molecule has 0 radical (unpaired) electrons. The number of hydrogen-bond acceptors (Lipinski definition) is 8. The molecule has 0 saturated carbocycles. The summed E-state index contributed by atoms with van der Waals surface area (Å²) in [5.74, 6) is 2.31. The van der Waals surface area contributed by atoms with E-state index in [1.165, 1.54) is 12.1 Å². The Morgan fingerprint density at radius 3 is 2.80 bits per heavy atom. The number of rotatable bonds is 7. The molecular weight excluding hydrogens is 515 g/mol. The Labute approximate surface area is 230 Å². The number of nitrogens with one attached hydrogen (secondary N) is 2. The van der Waals surface area contributed by atoms with Crippen molar-refractivity contribution >= 4 is 29.0 Å². The number of ether oxygens (including phenoxy) is 2. The zero-order valence-corrected chi connectivity index (χ0v) is 22.3. The molecule has 1 saturated heterocycles. The van der Waals surface area contributed by atoms with Crippen molar-refractivity contribution in [3.8, 4) is 11.5 Å². The van der Waals surface area contributed by atoms with Crippen LogP contribution in [-0.2, 0) is 13.1 Å². The van der Waals surface area contributed by atoms with E-state index >= 15 is 0 Å². The number of hydrogen-bond donors (Lipinski definition) is 2. The van der Waals surface area contributed by atoms with Gasteiger partial charge in [-0.2, -0.15) is 9.97 Å². The maximum Gasteiger partial charge on any atom is 0.317 e. The molecule has 1 fully saturated rings. The van der Waals surface area contributed by atoms with Gasteiger partial charge in [0.15, 0.2) is 28.5 Å². The Morgan fingerprint density at radius 2 is 1.93 bits per heavy atom. The Morgan fingerprint density at radius 1 is 1.02 bits per heavy atom. The first-order valence-corrected chi connectivity index (χ1v) is 13.4. The van der Waals surface area contributed by atoms with Crippen molar-refractivity contribution < 1.29 is 18.7 Å². The highest BCUT2D eigenvalue weighted by atomic mass is 19.1. The first kappa shape index (κ1) is 25.7. The third-order valence-corrected chi connectivity index (χ3v) is 6.98. The normalized spacial score (nSPS) is 14.8. The Bertz CT molecular complexity index is 1530. The van der Waals surface area contributed by atoms with Crippen molar-refractivity contribution in [3.63, 3.8) is 0 Å². The second-order valence-corrected chi connectivity index (χ2v) is 9.75. The second-order valence-electron chi connectivity index (χ2n) is 9.75. The number of amides is 2. The van der Waals surface area contributed by atoms with Gasteiger partial charge in [-0.15, -0.1) is 0 Å². The molecule has 2 aliphatic rings. The Hall–Kier alpha value is -4.61. The van der Waals surface area contributed by atoms with Crippen LogP contribution >= 0.6 is 0 Å². The lowest BCUT2D eigenvalue weighted by atomic mass is 10.2. The fraction of sp³-hybridized carbons (Fsp3) is 0.357. The molecule has 4 heterocycles. The van der Waals surface area contributed by atoms with E-state index in [2.05, 4.69) is 20.5 Å². The van der Waals surface area contributed by atoms with E-state index in [4.69, 9.17) is 19.4 Å². The third kappa shape index (κ3) is 5.42. The van der Waals surface area contributed by atoms with Crippen molar-refractivity contribution in [1.82, 2.24) is 29.7 Å². The molecule has 2 aromatic carbocycles. The summed E-state index contributed by atoms with van der Waals surface area (Å²) in [7, 11) is 0. The topological polar surface area (TPSA) is 110 Å². The average molecular weight is 547 g/mol. The molecule has 4 aromatic rings. The lowest BCUT2D eigenvalue weighted by Gasteiger charge is -2.23. The third-order valence-electron chi connectivity index (χ3n) is 6.98. The molecule has 2 aliphatic heterocycles. The van der Waals surface area contributed by atoms with E-state index in [1.54, 1.807) is 12.4 Å². The van der Waals surface area contributed by atoms with Gasteiger partial charge in [-0.05, 0) is 48.7 Å². The van der Waals surface area contributed by atoms with Gasteiger partial charge in [0.2, 0.25) is 12.7 Å². The summed E-state index contributed by atoms with van der Waals surface area (Å²) in [5, 5.41) is 6.32. The maximum absolute atomic E-state index is 13.9. The zero-order valence-electron chi connectivity index (χ0n) is 22.3. The smallest absolute Gasteiger partial charge is 0.317 e. The van der Waals surface area contributed by atoms with Crippen LogP contribution in [-0.4, -0.2) is 70.0 Å². The van der Waals surface area contributed by atoms with Gasteiger partial charge in [0, 0.05) is 39.3 Å². The quantitative estimate of drug-likeness (QED) is 0.362. The summed E-state index contributed by atoms with van der Waals surface area (Å²) < 4.78 is 26.7. The van der Waals surface area contributed by atoms with E-state index in [9.17, 15) is 9.18 Å². The molecule has 0 bridgehead atoms. The van der Waals surface area contributed by atoms with Crippen LogP contribution in [0.4, 0.5) is 21.0 Å². The number of carbonyl (C=O) groups is 1. The largest absolute Gasteiger partial charge is 0.454 e. The molecule has 2 aromatic heterocycles. The van der Waals surface area contributed by atoms with Gasteiger partial charge in [-0.1, -0.05) is 18.2 Å². The number of nitrogens with zero attached hydrogens (tertiary/aromatic N) is 6. The summed E-state index contributed by atoms with van der Waals surface area (Å²) in [4.78, 5) is 30.8. The number of urea groups is 1. The highest BCUT2D eigenvalue weighted by Gasteiger charge is 2.23. The average Bonchev–Trinajstić information content (AvgIpc) is 3.51. The number of fused-ring (bicyclic) bond motifs is 2. The van der Waals surface area contributed by atoms with Crippen LogP contribution in [0.1, 0.15) is 24.5 Å². The van der Waals surface area contributed by atoms with Gasteiger partial charge in [-0.25, -0.2) is 14.2 Å². The summed E-state index contributed by atoms with van der Waals surface area (Å²) in [6, 6.07) is 12.3. The van der Waals surface area contributed by atoms with Crippen LogP contribution in [0.5, 0.6) is 11.5 Å². The fourth-order valence-corrected chi connectivity index (χ4v) is 4.97. The van der Waals surface area contributed by atoms with Crippen LogP contribution in [0.15, 0.2) is 48.8 Å². The van der Waals surface area contributed by atoms with Gasteiger partial charge < -0.3 is 34.5 Å². The van der Waals surface area contributed by atoms with Crippen molar-refractivity contribution in [2.24, 2.45) is 0 Å². The SMILES string of the molecule is CCNC(=O)N1CCCN(c2nc(NCc3ccc4c(c3)OCO4)c3ncn(Cc4cccc(F)c4)c3n2)CC1. The number of halogens is 1. The molecule has 2 amide bonds. The van der Waals surface area contributed by atoms with Gasteiger partial charge in [-0.3, -0.25) is 0 Å². The molecule has 12 heteroatoms. The molecule has 2 N–H and O–H groups in total. The van der Waals surface area contributed by atoms with Crippen molar-refractivity contribution in [1.29, 1.82) is 0 Å². The highest BCUT2D eigenvalue weighted by molar-refractivity contribution is 5.84. The van der Waals surface area contributed by atoms with Crippen molar-refractivity contribution in [2.45, 2.75) is 26.4 Å². The van der Waals surface area contributed by atoms with Crippen LogP contribution in [0, 0.1) is 5.82 Å². The maximum atomic E-state index is 13.9. The van der Waals surface area contributed by atoms with Gasteiger partial charge >= 0.3 is 6.03 Å². The summed E-state index contributed by atoms with van der Waals surface area (Å²) in [6.45, 7) is 6.17. The molecule has 0 unspecified atom stereocenters. The van der Waals surface area contributed by atoms with Crippen LogP contribution in [0.25, 0.3) is 11.2 Å². The van der Waals surface area contributed by atoms with Gasteiger partial charge in [0.1, 0.15) is 5.82 Å². The molecule has 40 heavy (non-hydrogen) atoms. The molecule has 208 valence electrons. The summed E-state index contributed by atoms with van der Waals surface area (Å²) >= 11 is 0. The monoisotopic (exact) mass is 546 g/mol. The second kappa shape index (κ2) is 11.2. The molecule has 6 rings (SSSR count). The predicted octanol–water partition coefficient (Wildman–Crippen LogP) is 3.60. The number of benzene rings is 2. The van der Waals surface area contributed by atoms with Crippen molar-refractivity contribution in [2.75, 3.05) is 49.7 Å². The van der Waals surface area contributed by atoms with E-state index in [0.29, 0.717) is 74.5 Å². The van der Waals surface area contributed by atoms with E-state index in [-0.39, 0.29) is 18.6 Å². The minimum Gasteiger partial charge on any atom is -0.454 e. The first-order valence-electron chi connectivity index (χ1n) is 13.4. The molecule has 11 nitrogen and oxygen atoms in total. The number of aromatic nitrogens is 4.